The summed E-state index contributed by atoms with van der Waals surface area (Å²) in [4.78, 5) is 20.8. The summed E-state index contributed by atoms with van der Waals surface area (Å²) < 4.78 is 4.65. The highest BCUT2D eigenvalue weighted by atomic mass is 15.2. The van der Waals surface area contributed by atoms with Crippen molar-refractivity contribution in [2.75, 3.05) is 0 Å². The van der Waals surface area contributed by atoms with Crippen LogP contribution in [0.2, 0.25) is 0 Å². The van der Waals surface area contributed by atoms with Crippen LogP contribution in [-0.2, 0) is 0 Å². The van der Waals surface area contributed by atoms with E-state index in [1.165, 1.54) is 11.1 Å². The van der Waals surface area contributed by atoms with E-state index >= 15 is 0 Å². The van der Waals surface area contributed by atoms with Crippen molar-refractivity contribution in [1.29, 1.82) is 0 Å². The van der Waals surface area contributed by atoms with Crippen LogP contribution in [-0.4, -0.2) is 29.1 Å². The summed E-state index contributed by atoms with van der Waals surface area (Å²) in [6, 6.07) is 85.3. The lowest BCUT2D eigenvalue weighted by Gasteiger charge is -2.16. The van der Waals surface area contributed by atoms with Gasteiger partial charge in [-0.25, -0.2) is 9.97 Å². The van der Waals surface area contributed by atoms with E-state index in [0.29, 0.717) is 17.6 Å². The molecular weight excluding hydrogens is 829 g/mol. The average molecular weight is 869 g/mol. The van der Waals surface area contributed by atoms with Crippen molar-refractivity contribution in [3.8, 4) is 79.2 Å². The van der Waals surface area contributed by atoms with Gasteiger partial charge in [-0.15, -0.1) is 0 Å². The first-order valence-corrected chi connectivity index (χ1v) is 22.9. The number of aromatic nitrogens is 6. The molecule has 0 aliphatic heterocycles. The van der Waals surface area contributed by atoms with E-state index in [2.05, 4.69) is 215 Å². The summed E-state index contributed by atoms with van der Waals surface area (Å²) in [6.07, 6.45) is 0. The Morgan fingerprint density at radius 1 is 0.250 bits per heavy atom. The number of hydrogen-bond acceptors (Lipinski definition) is 4. The van der Waals surface area contributed by atoms with E-state index in [9.17, 15) is 0 Å². The van der Waals surface area contributed by atoms with E-state index in [4.69, 9.17) is 19.9 Å². The zero-order valence-electron chi connectivity index (χ0n) is 36.8. The molecule has 0 saturated heterocycles. The van der Waals surface area contributed by atoms with Crippen LogP contribution in [0.15, 0.2) is 243 Å². The van der Waals surface area contributed by atoms with Crippen molar-refractivity contribution in [3.63, 3.8) is 0 Å². The maximum absolute atomic E-state index is 5.31. The van der Waals surface area contributed by atoms with Gasteiger partial charge in [0.2, 0.25) is 5.95 Å². The monoisotopic (exact) mass is 868 g/mol. The first-order chi connectivity index (χ1) is 33.7. The predicted molar refractivity (Wildman–Crippen MR) is 279 cm³/mol. The number of fused-ring (bicyclic) bond motifs is 6. The second kappa shape index (κ2) is 16.3. The Kier molecular flexibility index (Phi) is 9.39. The Morgan fingerprint density at radius 3 is 1.24 bits per heavy atom. The lowest BCUT2D eigenvalue weighted by Crippen LogP contribution is -2.06. The van der Waals surface area contributed by atoms with Gasteiger partial charge in [-0.1, -0.05) is 200 Å². The molecule has 0 amide bonds. The van der Waals surface area contributed by atoms with Crippen molar-refractivity contribution in [2.24, 2.45) is 0 Å². The third-order valence-electron chi connectivity index (χ3n) is 13.0. The molecule has 0 atom stereocenters. The molecule has 0 saturated carbocycles. The van der Waals surface area contributed by atoms with Crippen LogP contribution in [0.25, 0.3) is 123 Å². The number of rotatable bonds is 8. The third-order valence-corrected chi connectivity index (χ3v) is 13.0. The summed E-state index contributed by atoms with van der Waals surface area (Å²) in [5.41, 5.74) is 15.7. The van der Waals surface area contributed by atoms with E-state index in [1.54, 1.807) is 0 Å². The second-order valence-corrected chi connectivity index (χ2v) is 17.1. The molecule has 0 aliphatic rings. The van der Waals surface area contributed by atoms with Crippen LogP contribution in [0.5, 0.6) is 0 Å². The first kappa shape index (κ1) is 39.1. The van der Waals surface area contributed by atoms with Gasteiger partial charge in [0.25, 0.3) is 0 Å². The molecule has 9 aromatic carbocycles. The normalized spacial score (nSPS) is 11.5. The quantitative estimate of drug-likeness (QED) is 0.153. The standard InChI is InChI=1S/C62H40N6/c1-5-19-41(20-6-1)42-33-35-44(36-34-42)54-38-47(37-53(63-54)43-21-7-2-8-22-43)48-27-13-16-30-55(48)67-56-31-17-14-28-49(56)51-40-59-52(39-58(51)67)50-29-15-18-32-57(50)68(59)62-65-60(45-23-9-3-10-24-45)64-61(66-62)46-25-11-4-12-26-46/h1-40H. The van der Waals surface area contributed by atoms with Crippen molar-refractivity contribution in [1.82, 2.24) is 29.1 Å². The van der Waals surface area contributed by atoms with Gasteiger partial charge in [0, 0.05) is 49.4 Å². The van der Waals surface area contributed by atoms with Gasteiger partial charge in [0.15, 0.2) is 11.6 Å². The minimum atomic E-state index is 0.565. The molecule has 0 N–H and O–H groups in total. The fourth-order valence-electron chi connectivity index (χ4n) is 9.77. The van der Waals surface area contributed by atoms with Gasteiger partial charge in [0.05, 0.1) is 39.1 Å². The van der Waals surface area contributed by atoms with Gasteiger partial charge < -0.3 is 4.57 Å². The highest BCUT2D eigenvalue weighted by Crippen LogP contribution is 2.42. The zero-order valence-corrected chi connectivity index (χ0v) is 36.8. The largest absolute Gasteiger partial charge is 0.309 e. The van der Waals surface area contributed by atoms with Gasteiger partial charge in [-0.3, -0.25) is 4.57 Å². The minimum absolute atomic E-state index is 0.565. The zero-order chi connectivity index (χ0) is 45.0. The Bertz CT molecular complexity index is 3930. The van der Waals surface area contributed by atoms with Crippen molar-refractivity contribution >= 4 is 43.6 Å². The van der Waals surface area contributed by atoms with E-state index in [-0.39, 0.29) is 0 Å². The van der Waals surface area contributed by atoms with Gasteiger partial charge in [-0.2, -0.15) is 9.97 Å². The molecule has 0 aliphatic carbocycles. The Balaban J connectivity index is 1.03. The molecule has 13 rings (SSSR count). The maximum Gasteiger partial charge on any atom is 0.238 e. The molecular formula is C62H40N6. The summed E-state index contributed by atoms with van der Waals surface area (Å²) >= 11 is 0. The van der Waals surface area contributed by atoms with Crippen LogP contribution in [0.3, 0.4) is 0 Å². The minimum Gasteiger partial charge on any atom is -0.309 e. The topological polar surface area (TPSA) is 61.4 Å². The fourth-order valence-corrected chi connectivity index (χ4v) is 9.77. The van der Waals surface area contributed by atoms with E-state index in [1.807, 2.05) is 36.4 Å². The summed E-state index contributed by atoms with van der Waals surface area (Å²) in [7, 11) is 0. The highest BCUT2D eigenvalue weighted by molar-refractivity contribution is 6.19. The smallest absolute Gasteiger partial charge is 0.238 e. The molecule has 6 heteroatoms. The van der Waals surface area contributed by atoms with Crippen LogP contribution in [0.4, 0.5) is 0 Å². The molecule has 6 nitrogen and oxygen atoms in total. The highest BCUT2D eigenvalue weighted by Gasteiger charge is 2.22. The van der Waals surface area contributed by atoms with Crippen LogP contribution in [0.1, 0.15) is 0 Å². The lowest BCUT2D eigenvalue weighted by molar-refractivity contribution is 0.954. The molecule has 318 valence electrons. The van der Waals surface area contributed by atoms with Crippen molar-refractivity contribution < 1.29 is 0 Å². The first-order valence-electron chi connectivity index (χ1n) is 22.9. The number of para-hydroxylation sites is 3. The summed E-state index contributed by atoms with van der Waals surface area (Å²) in [5, 5.41) is 4.50. The van der Waals surface area contributed by atoms with Gasteiger partial charge >= 0.3 is 0 Å². The molecule has 4 heterocycles. The van der Waals surface area contributed by atoms with E-state index < -0.39 is 0 Å². The second-order valence-electron chi connectivity index (χ2n) is 17.1. The summed E-state index contributed by atoms with van der Waals surface area (Å²) in [5.74, 6) is 1.80. The molecule has 68 heavy (non-hydrogen) atoms. The number of nitrogens with zero attached hydrogens (tertiary/aromatic N) is 6. The third kappa shape index (κ3) is 6.74. The Hall–Kier alpha value is -9.26. The van der Waals surface area contributed by atoms with Gasteiger partial charge in [-0.05, 0) is 59.2 Å². The van der Waals surface area contributed by atoms with Crippen LogP contribution in [0, 0.1) is 0 Å². The Labute approximate surface area is 392 Å². The molecule has 13 aromatic rings. The maximum atomic E-state index is 5.31. The molecule has 4 aromatic heterocycles. The Morgan fingerprint density at radius 2 is 0.662 bits per heavy atom. The SMILES string of the molecule is c1ccc(-c2ccc(-c3cc(-c4ccccc4-n4c5ccccc5c5cc6c(cc54)c4ccccc4n6-c4nc(-c5ccccc5)nc(-c5ccccc5)n4)cc(-c4ccccc4)n3)cc2)cc1. The number of benzene rings is 9. The molecule has 0 unspecified atom stereocenters. The summed E-state index contributed by atoms with van der Waals surface area (Å²) in [6.45, 7) is 0. The number of hydrogen-bond donors (Lipinski definition) is 0. The average Bonchev–Trinajstić information content (AvgIpc) is 3.92. The molecule has 0 radical (unpaired) electrons. The van der Waals surface area contributed by atoms with Crippen LogP contribution < -0.4 is 0 Å². The van der Waals surface area contributed by atoms with Gasteiger partial charge in [0.1, 0.15) is 0 Å². The van der Waals surface area contributed by atoms with Crippen LogP contribution >= 0.6 is 0 Å². The molecule has 0 bridgehead atoms. The lowest BCUT2D eigenvalue weighted by atomic mass is 9.97. The van der Waals surface area contributed by atoms with Crippen molar-refractivity contribution in [2.45, 2.75) is 0 Å². The predicted octanol–water partition coefficient (Wildman–Crippen LogP) is 15.5. The number of pyridine rings is 1. The fraction of sp³-hybridized carbons (Fsp3) is 0. The molecule has 0 spiro atoms. The van der Waals surface area contributed by atoms with E-state index in [0.717, 1.165) is 94.1 Å². The van der Waals surface area contributed by atoms with Crippen molar-refractivity contribution in [3.05, 3.63) is 243 Å². The molecule has 0 fully saturated rings.